The number of carbonyl (C=O) groups excluding carboxylic acids is 3. The molecule has 17 heteroatoms. The van der Waals surface area contributed by atoms with E-state index in [9.17, 15) is 33.2 Å². The summed E-state index contributed by atoms with van der Waals surface area (Å²) in [6.07, 6.45) is 1.19. The molecule has 0 aliphatic rings. The van der Waals surface area contributed by atoms with Crippen molar-refractivity contribution in [3.63, 3.8) is 0 Å². The molecule has 8 N–H and O–H groups in total. The van der Waals surface area contributed by atoms with Crippen LogP contribution in [0.2, 0.25) is 0 Å². The van der Waals surface area contributed by atoms with E-state index in [4.69, 9.17) is 16.6 Å². The van der Waals surface area contributed by atoms with Crippen molar-refractivity contribution in [1.29, 1.82) is 0 Å². The number of halogens is 1. The molecule has 3 amide bonds. The van der Waals surface area contributed by atoms with E-state index in [1.807, 2.05) is 0 Å². The van der Waals surface area contributed by atoms with Gasteiger partial charge in [0.2, 0.25) is 5.91 Å². The fourth-order valence-corrected chi connectivity index (χ4v) is 4.16. The molecule has 0 saturated heterocycles. The first-order valence-corrected chi connectivity index (χ1v) is 12.5. The predicted molar refractivity (Wildman–Crippen MR) is 150 cm³/mol. The number of nitrogens with zero attached hydrogens (tertiary/aromatic N) is 4. The lowest BCUT2D eigenvalue weighted by atomic mass is 10.0. The number of amides is 3. The van der Waals surface area contributed by atoms with Crippen molar-refractivity contribution in [2.24, 2.45) is 5.73 Å². The highest BCUT2D eigenvalue weighted by molar-refractivity contribution is 6.00. The molecule has 0 spiro atoms. The van der Waals surface area contributed by atoms with Gasteiger partial charge >= 0.3 is 5.97 Å². The van der Waals surface area contributed by atoms with Gasteiger partial charge in [0.15, 0.2) is 5.65 Å². The van der Waals surface area contributed by atoms with Gasteiger partial charge in [0.25, 0.3) is 22.7 Å². The third kappa shape index (κ3) is 5.51. The summed E-state index contributed by atoms with van der Waals surface area (Å²) in [6.45, 7) is -0.147. The third-order valence-electron chi connectivity index (χ3n) is 6.47. The van der Waals surface area contributed by atoms with E-state index in [0.29, 0.717) is 5.56 Å². The van der Waals surface area contributed by atoms with E-state index in [1.54, 1.807) is 0 Å². The zero-order chi connectivity index (χ0) is 31.7. The van der Waals surface area contributed by atoms with Crippen LogP contribution >= 0.6 is 0 Å². The number of rotatable bonds is 10. The molecule has 2 heterocycles. The van der Waals surface area contributed by atoms with Crippen molar-refractivity contribution in [3.05, 3.63) is 109 Å². The van der Waals surface area contributed by atoms with Crippen molar-refractivity contribution < 1.29 is 28.7 Å². The number of aromatic carboxylic acids is 1. The van der Waals surface area contributed by atoms with E-state index in [2.05, 4.69) is 31.2 Å². The Kier molecular flexibility index (Phi) is 7.51. The Hall–Kier alpha value is -6.52. The van der Waals surface area contributed by atoms with E-state index < -0.39 is 46.4 Å². The van der Waals surface area contributed by atoms with Crippen LogP contribution in [0.25, 0.3) is 5.65 Å². The third-order valence-corrected chi connectivity index (χ3v) is 6.47. The molecule has 16 nitrogen and oxygen atoms in total. The maximum absolute atomic E-state index is 14.3. The van der Waals surface area contributed by atoms with Gasteiger partial charge in [-0.3, -0.25) is 24.0 Å². The smallest absolute Gasteiger partial charge is 0.335 e. The van der Waals surface area contributed by atoms with Gasteiger partial charge in [0.05, 0.1) is 17.4 Å². The molecule has 0 saturated carbocycles. The fraction of sp³-hybridized carbons (Fsp3) is 0.0741. The van der Waals surface area contributed by atoms with Gasteiger partial charge in [-0.25, -0.2) is 14.2 Å². The lowest BCUT2D eigenvalue weighted by Crippen LogP contribution is -2.38. The largest absolute Gasteiger partial charge is 0.478 e. The van der Waals surface area contributed by atoms with Crippen LogP contribution < -0.4 is 38.3 Å². The van der Waals surface area contributed by atoms with Gasteiger partial charge in [-0.2, -0.15) is 4.52 Å². The number of nitrogens with one attached hydrogen (secondary N) is 3. The minimum absolute atomic E-state index is 0.0167. The van der Waals surface area contributed by atoms with Gasteiger partial charge in [-0.15, -0.1) is 5.10 Å². The predicted octanol–water partition coefficient (Wildman–Crippen LogP) is -0.230. The zero-order valence-corrected chi connectivity index (χ0v) is 22.2. The first-order chi connectivity index (χ1) is 20.9. The topological polar surface area (TPSA) is 254 Å². The van der Waals surface area contributed by atoms with E-state index >= 15 is 0 Å². The van der Waals surface area contributed by atoms with Crippen LogP contribution in [0.3, 0.4) is 0 Å². The standard InChI is InChI=1S/C27H20FN9O7/c28-14-6-1-11(7-15(14)34-21-19(29)22(38)23(21)39)9-31-26(42)17-8-16(33-18-10-32-36-37(17)18)25(41)35-20(24(30)40)12-2-4-13(5-3-12)27(43)44/h1-8,10,20,34H,9,29H2,(H2,30,40)(H,31,42)(H,35,41)(H,43,44)/t20-/m1/s1. The summed E-state index contributed by atoms with van der Waals surface area (Å²) in [5.74, 6) is -4.49. The number of nitrogens with two attached hydrogens (primary N) is 2. The van der Waals surface area contributed by atoms with Gasteiger partial charge in [0.1, 0.15) is 34.6 Å². The van der Waals surface area contributed by atoms with E-state index in [1.165, 1.54) is 42.6 Å². The molecule has 3 aromatic carbocycles. The SMILES string of the molecule is NC(=O)[C@H](NC(=O)c1cc(C(=O)NCc2ccc(F)c(Nc3c(N)c(=O)c3=O)c2)n2nncc2n1)c1ccc(C(=O)O)cc1. The molecule has 5 rings (SSSR count). The first-order valence-electron chi connectivity index (χ1n) is 12.5. The quantitative estimate of drug-likeness (QED) is 0.114. The number of anilines is 3. The van der Waals surface area contributed by atoms with Gasteiger partial charge in [-0.05, 0) is 35.4 Å². The van der Waals surface area contributed by atoms with E-state index in [0.717, 1.165) is 16.6 Å². The lowest BCUT2D eigenvalue weighted by Gasteiger charge is -2.16. The van der Waals surface area contributed by atoms with Crippen LogP contribution in [0.1, 0.15) is 48.5 Å². The summed E-state index contributed by atoms with van der Waals surface area (Å²) in [4.78, 5) is 76.7. The Labute approximate surface area is 244 Å². The Bertz CT molecular complexity index is 2050. The molecule has 5 aromatic rings. The van der Waals surface area contributed by atoms with Crippen molar-refractivity contribution in [2.45, 2.75) is 12.6 Å². The molecule has 222 valence electrons. The summed E-state index contributed by atoms with van der Waals surface area (Å²) in [7, 11) is 0. The van der Waals surface area contributed by atoms with Crippen molar-refractivity contribution in [2.75, 3.05) is 11.1 Å². The number of carbonyl (C=O) groups is 4. The first kappa shape index (κ1) is 29.0. The number of aromatic nitrogens is 4. The van der Waals surface area contributed by atoms with Crippen molar-refractivity contribution in [3.8, 4) is 0 Å². The minimum atomic E-state index is -1.36. The number of hydrogen-bond acceptors (Lipinski definition) is 11. The average Bonchev–Trinajstić information content (AvgIpc) is 3.50. The number of nitrogen functional groups attached to an aromatic ring is 1. The Morgan fingerprint density at radius 2 is 1.73 bits per heavy atom. The summed E-state index contributed by atoms with van der Waals surface area (Å²) in [5.41, 5.74) is 8.61. The molecule has 0 aliphatic carbocycles. The maximum Gasteiger partial charge on any atom is 0.335 e. The normalized spacial score (nSPS) is 11.7. The second-order valence-corrected chi connectivity index (χ2v) is 9.34. The van der Waals surface area contributed by atoms with Crippen LogP contribution in [0.5, 0.6) is 0 Å². The van der Waals surface area contributed by atoms with E-state index in [-0.39, 0.29) is 51.8 Å². The second-order valence-electron chi connectivity index (χ2n) is 9.34. The molecule has 0 unspecified atom stereocenters. The average molecular weight is 602 g/mol. The molecule has 2 aromatic heterocycles. The molecule has 0 radical (unpaired) electrons. The molecule has 0 bridgehead atoms. The number of carboxylic acid groups (broad SMARTS) is 1. The maximum atomic E-state index is 14.3. The number of primary amides is 1. The highest BCUT2D eigenvalue weighted by Crippen LogP contribution is 2.23. The van der Waals surface area contributed by atoms with Crippen molar-refractivity contribution in [1.82, 2.24) is 30.4 Å². The summed E-state index contributed by atoms with van der Waals surface area (Å²) >= 11 is 0. The van der Waals surface area contributed by atoms with Gasteiger partial charge in [-0.1, -0.05) is 23.4 Å². The molecule has 44 heavy (non-hydrogen) atoms. The molecule has 0 aliphatic heterocycles. The number of hydrogen-bond donors (Lipinski definition) is 6. The van der Waals surface area contributed by atoms with Crippen LogP contribution in [0.4, 0.5) is 21.5 Å². The second kappa shape index (κ2) is 11.4. The Balaban J connectivity index is 1.35. The molecule has 0 fully saturated rings. The highest BCUT2D eigenvalue weighted by atomic mass is 19.1. The van der Waals surface area contributed by atoms with Crippen LogP contribution in [-0.2, 0) is 11.3 Å². The van der Waals surface area contributed by atoms with Crippen LogP contribution in [-0.4, -0.2) is 48.6 Å². The number of fused-ring (bicyclic) bond motifs is 1. The Morgan fingerprint density at radius 3 is 2.39 bits per heavy atom. The summed E-state index contributed by atoms with van der Waals surface area (Å²) < 4.78 is 15.4. The fourth-order valence-electron chi connectivity index (χ4n) is 4.16. The monoisotopic (exact) mass is 601 g/mol. The lowest BCUT2D eigenvalue weighted by molar-refractivity contribution is -0.120. The molecule has 1 atom stereocenters. The molecular weight excluding hydrogens is 581 g/mol. The van der Waals surface area contributed by atoms with Gasteiger partial charge in [0, 0.05) is 12.6 Å². The highest BCUT2D eigenvalue weighted by Gasteiger charge is 2.25. The Morgan fingerprint density at radius 1 is 1.00 bits per heavy atom. The van der Waals surface area contributed by atoms with Gasteiger partial charge < -0.3 is 32.5 Å². The van der Waals surface area contributed by atoms with Crippen LogP contribution in [0.15, 0.2) is 64.3 Å². The summed E-state index contributed by atoms with van der Waals surface area (Å²) in [5, 5.41) is 24.1. The molecular formula is C27H20FN9O7. The van der Waals surface area contributed by atoms with Crippen molar-refractivity contribution >= 4 is 46.4 Å². The van der Waals surface area contributed by atoms with Crippen LogP contribution in [0, 0.1) is 5.82 Å². The number of benzene rings is 2. The number of carboxylic acids is 1. The minimum Gasteiger partial charge on any atom is -0.478 e. The summed E-state index contributed by atoms with van der Waals surface area (Å²) in [6, 6.07) is 8.62. The zero-order valence-electron chi connectivity index (χ0n) is 22.2.